The van der Waals surface area contributed by atoms with Crippen molar-refractivity contribution in [1.82, 2.24) is 4.90 Å². The van der Waals surface area contributed by atoms with Crippen LogP contribution in [0, 0.1) is 11.7 Å². The first-order valence-electron chi connectivity index (χ1n) is 10.0. The number of rotatable bonds is 6. The smallest absolute Gasteiger partial charge is 0.410 e. The average molecular weight is 450 g/mol. The number of carbonyl (C=O) groups excluding carboxylic acids is 2. The molecule has 31 heavy (non-hydrogen) atoms. The molecular weight excluding hydrogens is 425 g/mol. The second-order valence-corrected chi connectivity index (χ2v) is 8.11. The Hall–Kier alpha value is -2.80. The highest BCUT2D eigenvalue weighted by Gasteiger charge is 2.38. The fourth-order valence-corrected chi connectivity index (χ4v) is 3.59. The van der Waals surface area contributed by atoms with Gasteiger partial charge >= 0.3 is 12.1 Å². The standard InChI is InChI=1S/C23H25ClFNO5/c1-14(2)12-31-23(28)26-10-9-15-11-17(7-8-18(15)21(26)22(27)29-3)30-13-16-5-4-6-19(24)20(16)25/h4-8,11,14,21H,9-10,12-13H2,1-3H3. The van der Waals surface area contributed by atoms with Gasteiger partial charge in [-0.15, -0.1) is 0 Å². The quantitative estimate of drug-likeness (QED) is 0.585. The van der Waals surface area contributed by atoms with Gasteiger partial charge in [-0.25, -0.2) is 14.0 Å². The van der Waals surface area contributed by atoms with Gasteiger partial charge in [0.2, 0.25) is 0 Å². The zero-order valence-electron chi connectivity index (χ0n) is 17.7. The molecule has 0 N–H and O–H groups in total. The number of hydrogen-bond acceptors (Lipinski definition) is 5. The molecule has 1 unspecified atom stereocenters. The summed E-state index contributed by atoms with van der Waals surface area (Å²) in [6.45, 7) is 4.46. The van der Waals surface area contributed by atoms with Crippen LogP contribution in [0.3, 0.4) is 0 Å². The van der Waals surface area contributed by atoms with Gasteiger partial charge in [0.05, 0.1) is 18.7 Å². The number of ether oxygens (including phenoxy) is 3. The Bertz CT molecular complexity index is 965. The van der Waals surface area contributed by atoms with E-state index in [1.54, 1.807) is 30.3 Å². The molecule has 0 radical (unpaired) electrons. The average Bonchev–Trinajstić information content (AvgIpc) is 2.76. The van der Waals surface area contributed by atoms with Gasteiger partial charge in [-0.2, -0.15) is 0 Å². The summed E-state index contributed by atoms with van der Waals surface area (Å²) in [4.78, 5) is 26.4. The fourth-order valence-electron chi connectivity index (χ4n) is 3.40. The number of fused-ring (bicyclic) bond motifs is 1. The molecule has 1 heterocycles. The topological polar surface area (TPSA) is 65.1 Å². The lowest BCUT2D eigenvalue weighted by Gasteiger charge is -2.35. The van der Waals surface area contributed by atoms with Crippen molar-refractivity contribution < 1.29 is 28.2 Å². The molecule has 1 aliphatic heterocycles. The molecule has 6 nitrogen and oxygen atoms in total. The van der Waals surface area contributed by atoms with Crippen LogP contribution < -0.4 is 4.74 Å². The first kappa shape index (κ1) is 22.9. The number of benzene rings is 2. The van der Waals surface area contributed by atoms with E-state index in [1.807, 2.05) is 13.8 Å². The van der Waals surface area contributed by atoms with Crippen LogP contribution in [0.25, 0.3) is 0 Å². The lowest BCUT2D eigenvalue weighted by Crippen LogP contribution is -2.44. The molecule has 1 aliphatic rings. The van der Waals surface area contributed by atoms with E-state index in [-0.39, 0.29) is 24.2 Å². The first-order valence-corrected chi connectivity index (χ1v) is 10.4. The SMILES string of the molecule is COC(=O)C1c2ccc(OCc3cccc(Cl)c3F)cc2CCN1C(=O)OCC(C)C. The lowest BCUT2D eigenvalue weighted by atomic mass is 9.92. The zero-order valence-corrected chi connectivity index (χ0v) is 18.4. The predicted molar refractivity (Wildman–Crippen MR) is 114 cm³/mol. The summed E-state index contributed by atoms with van der Waals surface area (Å²) < 4.78 is 30.1. The van der Waals surface area contributed by atoms with Crippen molar-refractivity contribution in [1.29, 1.82) is 0 Å². The van der Waals surface area contributed by atoms with E-state index in [0.717, 1.165) is 5.56 Å². The van der Waals surface area contributed by atoms with Crippen LogP contribution in [0.15, 0.2) is 36.4 Å². The molecule has 0 saturated carbocycles. The van der Waals surface area contributed by atoms with Crippen LogP contribution in [0.5, 0.6) is 5.75 Å². The van der Waals surface area contributed by atoms with Crippen LogP contribution in [0.4, 0.5) is 9.18 Å². The number of halogens is 2. The molecule has 3 rings (SSSR count). The lowest BCUT2D eigenvalue weighted by molar-refractivity contribution is -0.147. The summed E-state index contributed by atoms with van der Waals surface area (Å²) in [5.74, 6) is -0.347. The van der Waals surface area contributed by atoms with Crippen molar-refractivity contribution in [2.75, 3.05) is 20.3 Å². The van der Waals surface area contributed by atoms with Crippen molar-refractivity contribution in [2.45, 2.75) is 32.9 Å². The summed E-state index contributed by atoms with van der Waals surface area (Å²) in [5, 5.41) is 0.0388. The molecule has 2 aromatic rings. The molecule has 1 atom stereocenters. The summed E-state index contributed by atoms with van der Waals surface area (Å²) in [5.41, 5.74) is 1.85. The second-order valence-electron chi connectivity index (χ2n) is 7.70. The van der Waals surface area contributed by atoms with E-state index in [0.29, 0.717) is 29.8 Å². The van der Waals surface area contributed by atoms with Crippen molar-refractivity contribution in [2.24, 2.45) is 5.92 Å². The molecule has 0 aliphatic carbocycles. The number of amides is 1. The Morgan fingerprint density at radius 3 is 2.74 bits per heavy atom. The summed E-state index contributed by atoms with van der Waals surface area (Å²) >= 11 is 5.81. The number of hydrogen-bond donors (Lipinski definition) is 0. The summed E-state index contributed by atoms with van der Waals surface area (Å²) in [6.07, 6.45) is -0.0333. The molecular formula is C23H25ClFNO5. The predicted octanol–water partition coefficient (Wildman–Crippen LogP) is 4.92. The van der Waals surface area contributed by atoms with Gasteiger partial charge in [0.1, 0.15) is 18.2 Å². The molecule has 0 saturated heterocycles. The van der Waals surface area contributed by atoms with E-state index >= 15 is 0 Å². The molecule has 8 heteroatoms. The Morgan fingerprint density at radius 2 is 2.03 bits per heavy atom. The number of methoxy groups -OCH3 is 1. The highest BCUT2D eigenvalue weighted by atomic mass is 35.5. The molecule has 0 spiro atoms. The van der Waals surface area contributed by atoms with Gasteiger partial charge in [-0.3, -0.25) is 4.90 Å². The van der Waals surface area contributed by atoms with Gasteiger partial charge in [0.15, 0.2) is 6.04 Å². The third-order valence-corrected chi connectivity index (χ3v) is 5.26. The molecule has 166 valence electrons. The highest BCUT2D eigenvalue weighted by Crippen LogP contribution is 2.34. The minimum absolute atomic E-state index is 0.0132. The van der Waals surface area contributed by atoms with E-state index in [4.69, 9.17) is 25.8 Å². The largest absolute Gasteiger partial charge is 0.489 e. The third-order valence-electron chi connectivity index (χ3n) is 4.97. The Morgan fingerprint density at radius 1 is 1.26 bits per heavy atom. The van der Waals surface area contributed by atoms with Crippen molar-refractivity contribution in [3.8, 4) is 5.75 Å². The van der Waals surface area contributed by atoms with Crippen LogP contribution >= 0.6 is 11.6 Å². The van der Waals surface area contributed by atoms with Crippen molar-refractivity contribution in [3.05, 3.63) is 63.9 Å². The highest BCUT2D eigenvalue weighted by molar-refractivity contribution is 6.30. The maximum absolute atomic E-state index is 14.1. The maximum Gasteiger partial charge on any atom is 0.410 e. The summed E-state index contributed by atoms with van der Waals surface area (Å²) in [7, 11) is 1.28. The second kappa shape index (κ2) is 10.0. The van der Waals surface area contributed by atoms with Crippen molar-refractivity contribution in [3.63, 3.8) is 0 Å². The van der Waals surface area contributed by atoms with Crippen LogP contribution in [0.1, 0.15) is 36.6 Å². The normalized spacial score (nSPS) is 15.4. The van der Waals surface area contributed by atoms with E-state index in [1.165, 1.54) is 18.1 Å². The van der Waals surface area contributed by atoms with Gasteiger partial charge in [-0.05, 0) is 41.7 Å². The Kier molecular flexibility index (Phi) is 7.38. The minimum Gasteiger partial charge on any atom is -0.489 e. The third kappa shape index (κ3) is 5.28. The van der Waals surface area contributed by atoms with Gasteiger partial charge < -0.3 is 14.2 Å². The van der Waals surface area contributed by atoms with E-state index in [2.05, 4.69) is 0 Å². The fraction of sp³-hybridized carbons (Fsp3) is 0.391. The first-order chi connectivity index (χ1) is 14.8. The van der Waals surface area contributed by atoms with Gasteiger partial charge in [0.25, 0.3) is 0 Å². The maximum atomic E-state index is 14.1. The summed E-state index contributed by atoms with van der Waals surface area (Å²) in [6, 6.07) is 9.04. The monoisotopic (exact) mass is 449 g/mol. The minimum atomic E-state index is -0.896. The van der Waals surface area contributed by atoms with Crippen LogP contribution in [-0.2, 0) is 27.3 Å². The van der Waals surface area contributed by atoms with Crippen LogP contribution in [0.2, 0.25) is 5.02 Å². The number of nitrogens with zero attached hydrogens (tertiary/aromatic N) is 1. The van der Waals surface area contributed by atoms with Crippen LogP contribution in [-0.4, -0.2) is 37.2 Å². The molecule has 0 fully saturated rings. The molecule has 0 bridgehead atoms. The van der Waals surface area contributed by atoms with E-state index < -0.39 is 23.9 Å². The van der Waals surface area contributed by atoms with E-state index in [9.17, 15) is 14.0 Å². The Balaban J connectivity index is 1.79. The zero-order chi connectivity index (χ0) is 22.5. The van der Waals surface area contributed by atoms with Crippen molar-refractivity contribution >= 4 is 23.7 Å². The Labute approximate surface area is 185 Å². The van der Waals surface area contributed by atoms with Gasteiger partial charge in [0, 0.05) is 12.1 Å². The van der Waals surface area contributed by atoms with Gasteiger partial charge in [-0.1, -0.05) is 43.6 Å². The molecule has 0 aromatic heterocycles. The number of esters is 1. The number of carbonyl (C=O) groups is 2. The molecule has 2 aromatic carbocycles. The molecule has 1 amide bonds.